The number of allylic oxidation sites excluding steroid dienone is 2. The minimum absolute atomic E-state index is 0.0976. The highest BCUT2D eigenvalue weighted by Gasteiger charge is 2.39. The topological polar surface area (TPSA) is 62.3 Å². The van der Waals surface area contributed by atoms with Crippen LogP contribution in [0.5, 0.6) is 0 Å². The molecule has 0 spiro atoms. The van der Waals surface area contributed by atoms with Crippen molar-refractivity contribution in [3.05, 3.63) is 33.4 Å². The minimum atomic E-state index is -0.346. The zero-order valence-electron chi connectivity index (χ0n) is 15.5. The molecule has 2 aliphatic carbocycles. The molecule has 1 unspecified atom stereocenters. The molecule has 0 aromatic carbocycles. The average molecular weight is 440 g/mol. The molecule has 1 aliphatic heterocycles. The number of thiazole rings is 1. The number of rotatable bonds is 5. The van der Waals surface area contributed by atoms with E-state index in [9.17, 15) is 9.59 Å². The van der Waals surface area contributed by atoms with Crippen LogP contribution in [-0.2, 0) is 9.59 Å². The first-order valence-electron chi connectivity index (χ1n) is 9.79. The molecular weight excluding hydrogens is 417 g/mol. The molecule has 1 saturated carbocycles. The molecular formula is C20H23Cl2N3O2S. The van der Waals surface area contributed by atoms with Crippen LogP contribution in [0.15, 0.2) is 29.1 Å². The van der Waals surface area contributed by atoms with Crippen molar-refractivity contribution in [1.29, 1.82) is 0 Å². The fourth-order valence-corrected chi connectivity index (χ4v) is 5.51. The van der Waals surface area contributed by atoms with Crippen molar-refractivity contribution in [2.24, 2.45) is 11.8 Å². The van der Waals surface area contributed by atoms with Gasteiger partial charge in [-0.2, -0.15) is 0 Å². The fraction of sp³-hybridized carbons (Fsp3) is 0.550. The van der Waals surface area contributed by atoms with Gasteiger partial charge < -0.3 is 10.2 Å². The number of hydrogen-bond donors (Lipinski definition) is 1. The zero-order chi connectivity index (χ0) is 19.7. The molecule has 0 radical (unpaired) electrons. The molecule has 150 valence electrons. The molecule has 2 atom stereocenters. The number of ketones is 1. The molecule has 1 N–H and O–H groups in total. The quantitative estimate of drug-likeness (QED) is 0.701. The van der Waals surface area contributed by atoms with Gasteiger partial charge in [-0.1, -0.05) is 72.7 Å². The van der Waals surface area contributed by atoms with Crippen LogP contribution < -0.4 is 5.32 Å². The summed E-state index contributed by atoms with van der Waals surface area (Å²) in [5.41, 5.74) is 0.844. The van der Waals surface area contributed by atoms with E-state index in [1.807, 2.05) is 11.1 Å². The van der Waals surface area contributed by atoms with Crippen LogP contribution in [0, 0.1) is 11.8 Å². The molecule has 3 aliphatic rings. The van der Waals surface area contributed by atoms with Gasteiger partial charge in [0.05, 0.1) is 12.1 Å². The van der Waals surface area contributed by atoms with Crippen LogP contribution in [0.25, 0.3) is 0 Å². The molecule has 8 heteroatoms. The van der Waals surface area contributed by atoms with E-state index in [1.54, 1.807) is 6.08 Å². The van der Waals surface area contributed by atoms with Crippen LogP contribution >= 0.6 is 34.5 Å². The number of amides is 1. The first kappa shape index (κ1) is 19.9. The summed E-state index contributed by atoms with van der Waals surface area (Å²) in [5.74, 6) is 0.363. The minimum Gasteiger partial charge on any atom is -0.364 e. The number of carbonyl (C=O) groups excluding carboxylic acids is 2. The second-order valence-electron chi connectivity index (χ2n) is 7.77. The van der Waals surface area contributed by atoms with Gasteiger partial charge >= 0.3 is 0 Å². The van der Waals surface area contributed by atoms with Crippen molar-refractivity contribution >= 4 is 51.4 Å². The summed E-state index contributed by atoms with van der Waals surface area (Å²) >= 11 is 13.5. The summed E-state index contributed by atoms with van der Waals surface area (Å²) in [6.07, 6.45) is 12.4. The molecule has 5 nitrogen and oxygen atoms in total. The van der Waals surface area contributed by atoms with Crippen LogP contribution in [-0.4, -0.2) is 34.2 Å². The lowest BCUT2D eigenvalue weighted by molar-refractivity contribution is -0.123. The summed E-state index contributed by atoms with van der Waals surface area (Å²) in [7, 11) is 0. The van der Waals surface area contributed by atoms with Crippen molar-refractivity contribution in [2.45, 2.75) is 51.0 Å². The Kier molecular flexibility index (Phi) is 6.09. The fourth-order valence-electron chi connectivity index (χ4n) is 4.43. The summed E-state index contributed by atoms with van der Waals surface area (Å²) in [6.45, 7) is 0.516. The van der Waals surface area contributed by atoms with Gasteiger partial charge in [0, 0.05) is 24.2 Å². The summed E-state index contributed by atoms with van der Waals surface area (Å²) < 4.78 is 0.538. The van der Waals surface area contributed by atoms with Crippen molar-refractivity contribution in [3.8, 4) is 0 Å². The van der Waals surface area contributed by atoms with Gasteiger partial charge in [-0.3, -0.25) is 9.59 Å². The van der Waals surface area contributed by atoms with Gasteiger partial charge in [0.25, 0.3) is 0 Å². The molecule has 1 fully saturated rings. The second kappa shape index (κ2) is 8.56. The molecule has 4 rings (SSSR count). The van der Waals surface area contributed by atoms with Crippen molar-refractivity contribution in [3.63, 3.8) is 0 Å². The van der Waals surface area contributed by atoms with Gasteiger partial charge in [-0.05, 0) is 17.9 Å². The Labute approximate surface area is 178 Å². The van der Waals surface area contributed by atoms with Gasteiger partial charge in [-0.15, -0.1) is 0 Å². The van der Waals surface area contributed by atoms with Gasteiger partial charge in [0.2, 0.25) is 5.91 Å². The number of nitrogens with zero attached hydrogens (tertiary/aromatic N) is 2. The molecule has 2 heterocycles. The Morgan fingerprint density at radius 3 is 2.79 bits per heavy atom. The Morgan fingerprint density at radius 1 is 1.32 bits per heavy atom. The van der Waals surface area contributed by atoms with Gasteiger partial charge in [0.15, 0.2) is 5.13 Å². The highest BCUT2D eigenvalue weighted by atomic mass is 35.5. The number of Topliss-reactive ketones (excluding diaryl/α,β-unsaturated/α-hetero) is 1. The third-order valence-electron chi connectivity index (χ3n) is 5.91. The lowest BCUT2D eigenvalue weighted by Gasteiger charge is -2.32. The smallest absolute Gasteiger partial charge is 0.248 e. The number of aromatic nitrogens is 1. The number of fused-ring (bicyclic) bond motifs is 1. The Morgan fingerprint density at radius 2 is 2.11 bits per heavy atom. The maximum Gasteiger partial charge on any atom is 0.248 e. The van der Waals surface area contributed by atoms with E-state index < -0.39 is 0 Å². The van der Waals surface area contributed by atoms with Crippen molar-refractivity contribution in [1.82, 2.24) is 9.88 Å². The molecule has 1 aromatic rings. The van der Waals surface area contributed by atoms with E-state index in [4.69, 9.17) is 23.2 Å². The maximum absolute atomic E-state index is 13.2. The SMILES string of the molecule is O=C1CC=C(Cl)C2=CN([C@@H](CC3CCCCC3)C(=O)Nc3ncc(Cl)s3)CC12. The van der Waals surface area contributed by atoms with Gasteiger partial charge in [-0.25, -0.2) is 4.98 Å². The first-order chi connectivity index (χ1) is 13.5. The second-order valence-corrected chi connectivity index (χ2v) is 9.84. The third kappa shape index (κ3) is 4.29. The summed E-state index contributed by atoms with van der Waals surface area (Å²) in [6, 6.07) is -0.346. The summed E-state index contributed by atoms with van der Waals surface area (Å²) in [4.78, 5) is 31.7. The van der Waals surface area contributed by atoms with E-state index in [2.05, 4.69) is 10.3 Å². The lowest BCUT2D eigenvalue weighted by Crippen LogP contribution is -2.43. The van der Waals surface area contributed by atoms with Crippen LogP contribution in [0.4, 0.5) is 5.13 Å². The van der Waals surface area contributed by atoms with E-state index in [1.165, 1.54) is 36.8 Å². The third-order valence-corrected chi connectivity index (χ3v) is 7.32. The maximum atomic E-state index is 13.2. The highest BCUT2D eigenvalue weighted by molar-refractivity contribution is 7.19. The number of hydrogen-bond acceptors (Lipinski definition) is 5. The van der Waals surface area contributed by atoms with Crippen molar-refractivity contribution in [2.75, 3.05) is 11.9 Å². The largest absolute Gasteiger partial charge is 0.364 e. The van der Waals surface area contributed by atoms with E-state index >= 15 is 0 Å². The Bertz CT molecular complexity index is 829. The summed E-state index contributed by atoms with van der Waals surface area (Å²) in [5, 5.41) is 4.05. The first-order valence-corrected chi connectivity index (χ1v) is 11.4. The molecule has 1 aromatic heterocycles. The number of halogens is 2. The normalized spacial score (nSPS) is 23.9. The predicted molar refractivity (Wildman–Crippen MR) is 113 cm³/mol. The standard InChI is InChI=1S/C20H23Cl2N3O2S/c21-15-6-7-17(26)14-11-25(10-13(14)15)16(8-12-4-2-1-3-5-12)19(27)24-20-23-9-18(22)28-20/h6,9-10,12,14,16H,1-5,7-8,11H2,(H,23,24,27)/t14?,16-/m0/s1. The highest BCUT2D eigenvalue weighted by Crippen LogP contribution is 2.38. The zero-order valence-corrected chi connectivity index (χ0v) is 17.8. The Hall–Kier alpha value is -1.37. The van der Waals surface area contributed by atoms with Gasteiger partial charge in [0.1, 0.15) is 16.2 Å². The average Bonchev–Trinajstić information content (AvgIpc) is 3.31. The molecule has 0 saturated heterocycles. The van der Waals surface area contributed by atoms with Crippen molar-refractivity contribution < 1.29 is 9.59 Å². The van der Waals surface area contributed by atoms with Crippen LogP contribution in [0.1, 0.15) is 44.9 Å². The van der Waals surface area contributed by atoms with E-state index in [-0.39, 0.29) is 23.7 Å². The van der Waals surface area contributed by atoms with E-state index in [0.717, 1.165) is 24.8 Å². The number of nitrogens with one attached hydrogen (secondary N) is 1. The molecule has 0 bridgehead atoms. The number of carbonyl (C=O) groups is 2. The monoisotopic (exact) mass is 439 g/mol. The van der Waals surface area contributed by atoms with Crippen LogP contribution in [0.3, 0.4) is 0 Å². The van der Waals surface area contributed by atoms with Crippen LogP contribution in [0.2, 0.25) is 4.34 Å². The lowest BCUT2D eigenvalue weighted by atomic mass is 9.84. The number of anilines is 1. The predicted octanol–water partition coefficient (Wildman–Crippen LogP) is 4.99. The van der Waals surface area contributed by atoms with E-state index in [0.29, 0.717) is 33.4 Å². The molecule has 28 heavy (non-hydrogen) atoms. The molecule has 1 amide bonds. The Balaban J connectivity index is 1.55.